The van der Waals surface area contributed by atoms with Gasteiger partial charge in [-0.2, -0.15) is 21.0 Å². The summed E-state index contributed by atoms with van der Waals surface area (Å²) in [7, 11) is 0. The zero-order chi connectivity index (χ0) is 87.8. The third kappa shape index (κ3) is 13.8. The van der Waals surface area contributed by atoms with Gasteiger partial charge in [0.05, 0.1) is 98.9 Å². The average Bonchev–Trinajstić information content (AvgIpc) is 1.57. The van der Waals surface area contributed by atoms with E-state index >= 15 is 0 Å². The Labute approximate surface area is 732 Å². The highest BCUT2D eigenvalue weighted by Gasteiger charge is 2.27. The molecular weight excluding hydrogens is 1580 g/mol. The van der Waals surface area contributed by atoms with Gasteiger partial charge in [-0.1, -0.05) is 176 Å². The summed E-state index contributed by atoms with van der Waals surface area (Å²) in [5.74, 6) is 2.31. The summed E-state index contributed by atoms with van der Waals surface area (Å²) >= 11 is 0. The second kappa shape index (κ2) is 32.5. The molecule has 0 radical (unpaired) electrons. The summed E-state index contributed by atoms with van der Waals surface area (Å²) in [4.78, 5) is 61.8. The summed E-state index contributed by atoms with van der Waals surface area (Å²) in [5, 5.41) is 44.4. The molecule has 0 aliphatic carbocycles. The minimum atomic E-state index is 0.103. The van der Waals surface area contributed by atoms with Gasteiger partial charge in [0.1, 0.15) is 0 Å². The molecule has 0 saturated heterocycles. The maximum Gasteiger partial charge on any atom is 0.186 e. The van der Waals surface area contributed by atoms with E-state index in [0.29, 0.717) is 157 Å². The SMILES string of the molecule is [C-]#[N+]c1cc(C#N)c(-c2ccc3c(c2)c2cc(-c4c([N+]#[C-])cc(C#N)cc4[N+]#[C-])ccc2n3-c2cc(-c3cccc(-c4cc(-c5nc(-c6ccccc6)nc(-c6ccccc6)n5)cc(-n5c6ccc(-c7c(C#N)cc([N+]#[C-])cc7[N+]#[C-])cc6c6cc(-c7c([N+]#[C-])cc(C#N)cc7[N+]#[C-])ccc65)c4)c3)cc(-c3nc(-c4ccccc4)nc(-c4ccccc4)n3)c2)c([N+]#[C-])c1. The van der Waals surface area contributed by atoms with Gasteiger partial charge in [0.25, 0.3) is 0 Å². The molecule has 0 aliphatic heterocycles. The predicted octanol–water partition coefficient (Wildman–Crippen LogP) is 28.1. The molecule has 20 heteroatoms. The van der Waals surface area contributed by atoms with E-state index in [1.54, 1.807) is 0 Å². The summed E-state index contributed by atoms with van der Waals surface area (Å²) in [6, 6.07) is 102. The van der Waals surface area contributed by atoms with Crippen LogP contribution in [0.1, 0.15) is 22.3 Å². The van der Waals surface area contributed by atoms with Crippen molar-refractivity contribution in [3.63, 3.8) is 0 Å². The molecule has 0 fully saturated rings. The molecule has 19 aromatic rings. The Morgan fingerprint density at radius 1 is 0.211 bits per heavy atom. The van der Waals surface area contributed by atoms with Gasteiger partial charge in [-0.15, -0.1) is 0 Å². The number of benzene rings is 15. The number of nitrogens with zero attached hydrogens (tertiary/aromatic N) is 20. The number of hydrogen-bond acceptors (Lipinski definition) is 10. The first kappa shape index (κ1) is 77.7. The first-order valence-corrected chi connectivity index (χ1v) is 39.5. The lowest BCUT2D eigenvalue weighted by molar-refractivity contribution is 1.07. The van der Waals surface area contributed by atoms with Crippen LogP contribution in [-0.2, 0) is 0 Å². The minimum absolute atomic E-state index is 0.103. The molecule has 15 aromatic carbocycles. The maximum absolute atomic E-state index is 10.8. The Kier molecular flexibility index (Phi) is 19.7. The lowest BCUT2D eigenvalue weighted by atomic mass is 9.95. The summed E-state index contributed by atoms with van der Waals surface area (Å²) in [6.45, 7) is 66.1. The quantitative estimate of drug-likeness (QED) is 0.0938. The van der Waals surface area contributed by atoms with E-state index in [2.05, 4.69) is 90.4 Å². The molecular formula is C108H50N20. The summed E-state index contributed by atoms with van der Waals surface area (Å²) < 4.78 is 4.20. The first-order chi connectivity index (χ1) is 62.8. The maximum atomic E-state index is 10.8. The number of aromatic nitrogens is 8. The van der Waals surface area contributed by atoms with Crippen LogP contribution in [-0.4, -0.2) is 39.0 Å². The van der Waals surface area contributed by atoms with Crippen molar-refractivity contribution in [3.8, 4) is 171 Å². The standard InChI is InChI=1S/C108H50N20/c1-113-81-47-79(61-111)99(93(57-81)119-7)71-32-36-95-85(53-71)87-55-73(101-89(115-3)40-63(59-109)41-90(101)116-4)34-38-97(87)127(95)83-49-75(45-77(51-83)107-123-103(65-22-13-9-14-23-65)121-104(124-107)66-24-15-10-16-25-66)69-30-21-31-70(44-69)76-46-78(108-125-105(67-26-17-11-18-27-67)122-106(126-108)68-28-19-12-20-29-68)52-84(50-76)128-96-37-33-72(100-80(62-112)48-82(114-2)58-94(100)120-8)54-86(96)88-56-74(35-39-98(88)128)102-91(117-5)42-64(60-110)43-92(102)118-6/h9-58H. The molecule has 0 saturated carbocycles. The second-order valence-corrected chi connectivity index (χ2v) is 29.7. The normalized spacial score (nSPS) is 10.7. The van der Waals surface area contributed by atoms with Gasteiger partial charge in [-0.05, 0) is 183 Å². The van der Waals surface area contributed by atoms with Crippen molar-refractivity contribution >= 4 is 89.1 Å². The third-order valence-corrected chi connectivity index (χ3v) is 22.4. The fraction of sp³-hybridized carbons (Fsp3) is 0. The third-order valence-electron chi connectivity index (χ3n) is 22.4. The van der Waals surface area contributed by atoms with Gasteiger partial charge in [0.2, 0.25) is 0 Å². The number of nitriles is 4. The van der Waals surface area contributed by atoms with Crippen LogP contribution in [0.3, 0.4) is 0 Å². The Balaban J connectivity index is 0.883. The van der Waals surface area contributed by atoms with Gasteiger partial charge in [0, 0.05) is 99.7 Å². The Hall–Kier alpha value is -20.2. The van der Waals surface area contributed by atoms with E-state index in [4.69, 9.17) is 82.5 Å². The van der Waals surface area contributed by atoms with Crippen LogP contribution >= 0.6 is 0 Å². The van der Waals surface area contributed by atoms with Crippen LogP contribution in [0.15, 0.2) is 303 Å². The van der Waals surface area contributed by atoms with E-state index in [-0.39, 0.29) is 67.8 Å². The summed E-state index contributed by atoms with van der Waals surface area (Å²) in [6.07, 6.45) is 0. The molecule has 0 N–H and O–H groups in total. The van der Waals surface area contributed by atoms with E-state index in [0.717, 1.165) is 33.4 Å². The largest absolute Gasteiger partial charge is 0.309 e. The van der Waals surface area contributed by atoms with Crippen LogP contribution in [0, 0.1) is 97.9 Å². The molecule has 20 nitrogen and oxygen atoms in total. The fourth-order valence-electron chi connectivity index (χ4n) is 16.7. The van der Waals surface area contributed by atoms with Gasteiger partial charge < -0.3 is 9.13 Å². The predicted molar refractivity (Wildman–Crippen MR) is 496 cm³/mol. The highest BCUT2D eigenvalue weighted by atomic mass is 15.1. The smallest absolute Gasteiger partial charge is 0.186 e. The number of hydrogen-bond donors (Lipinski definition) is 0. The Bertz CT molecular complexity index is 7540. The molecule has 4 heterocycles. The van der Waals surface area contributed by atoms with E-state index < -0.39 is 0 Å². The van der Waals surface area contributed by atoms with Crippen LogP contribution in [0.2, 0.25) is 0 Å². The lowest BCUT2D eigenvalue weighted by Gasteiger charge is -2.16. The molecule has 582 valence electrons. The van der Waals surface area contributed by atoms with Crippen molar-refractivity contribution in [1.29, 1.82) is 21.0 Å². The van der Waals surface area contributed by atoms with Gasteiger partial charge >= 0.3 is 0 Å². The van der Waals surface area contributed by atoms with Gasteiger partial charge in [-0.25, -0.2) is 68.7 Å². The highest BCUT2D eigenvalue weighted by molar-refractivity contribution is 6.15. The van der Waals surface area contributed by atoms with Crippen molar-refractivity contribution in [2.45, 2.75) is 0 Å². The van der Waals surface area contributed by atoms with Crippen molar-refractivity contribution < 1.29 is 0 Å². The number of rotatable bonds is 14. The lowest BCUT2D eigenvalue weighted by Crippen LogP contribution is -2.02. The fourth-order valence-corrected chi connectivity index (χ4v) is 16.7. The van der Waals surface area contributed by atoms with Crippen LogP contribution < -0.4 is 0 Å². The van der Waals surface area contributed by atoms with Crippen molar-refractivity contribution in [1.82, 2.24) is 39.0 Å². The molecule has 0 amide bonds. The highest BCUT2D eigenvalue weighted by Crippen LogP contribution is 2.50. The van der Waals surface area contributed by atoms with E-state index in [9.17, 15) is 21.0 Å². The average molecular weight is 1630 g/mol. The van der Waals surface area contributed by atoms with Gasteiger partial charge in [-0.3, -0.25) is 0 Å². The molecule has 0 aliphatic rings. The second-order valence-electron chi connectivity index (χ2n) is 29.7. The molecule has 0 unspecified atom stereocenters. The molecule has 4 aromatic heterocycles. The van der Waals surface area contributed by atoms with Crippen molar-refractivity contribution in [3.05, 3.63) is 417 Å². The topological polar surface area (TPSA) is 217 Å². The van der Waals surface area contributed by atoms with E-state index in [1.807, 2.05) is 237 Å². The molecule has 0 spiro atoms. The molecule has 0 bridgehead atoms. The van der Waals surface area contributed by atoms with Crippen LogP contribution in [0.25, 0.3) is 229 Å². The Morgan fingerprint density at radius 3 is 0.742 bits per heavy atom. The van der Waals surface area contributed by atoms with Crippen LogP contribution in [0.4, 0.5) is 45.5 Å². The van der Waals surface area contributed by atoms with Crippen LogP contribution in [0.5, 0.6) is 0 Å². The van der Waals surface area contributed by atoms with Crippen molar-refractivity contribution in [2.75, 3.05) is 0 Å². The monoisotopic (exact) mass is 1630 g/mol. The molecule has 19 rings (SSSR count). The van der Waals surface area contributed by atoms with Gasteiger partial charge in [0.15, 0.2) is 80.4 Å². The summed E-state index contributed by atoms with van der Waals surface area (Å²) in [5.41, 5.74) is 15.7. The number of fused-ring (bicyclic) bond motifs is 6. The Morgan fingerprint density at radius 2 is 0.469 bits per heavy atom. The minimum Gasteiger partial charge on any atom is -0.309 e. The van der Waals surface area contributed by atoms with Crippen molar-refractivity contribution in [2.24, 2.45) is 0 Å². The molecule has 128 heavy (non-hydrogen) atoms. The zero-order valence-corrected chi connectivity index (χ0v) is 66.8. The first-order valence-electron chi connectivity index (χ1n) is 39.5. The molecule has 0 atom stereocenters. The zero-order valence-electron chi connectivity index (χ0n) is 66.8. The van der Waals surface area contributed by atoms with E-state index in [1.165, 1.54) is 48.5 Å².